The maximum absolute atomic E-state index is 5.42. The Morgan fingerprint density at radius 2 is 1.14 bits per heavy atom. The monoisotopic (exact) mass is 756 g/mol. The highest BCUT2D eigenvalue weighted by atomic mass is 15.2. The van der Waals surface area contributed by atoms with Crippen LogP contribution in [-0.4, -0.2) is 20.6 Å². The lowest BCUT2D eigenvalue weighted by Gasteiger charge is -2.28. The summed E-state index contributed by atoms with van der Waals surface area (Å²) in [6.45, 7) is 4.67. The molecule has 9 aromatic rings. The molecule has 1 aliphatic heterocycles. The van der Waals surface area contributed by atoms with E-state index in [4.69, 9.17) is 9.97 Å². The predicted molar refractivity (Wildman–Crippen MR) is 244 cm³/mol. The number of allylic oxidation sites excluding steroid dienone is 2. The Bertz CT molecular complexity index is 3170. The summed E-state index contributed by atoms with van der Waals surface area (Å²) >= 11 is 0. The smallest absolute Gasteiger partial charge is 0.160 e. The molecule has 0 bridgehead atoms. The van der Waals surface area contributed by atoms with E-state index in [1.807, 2.05) is 0 Å². The molecule has 7 aromatic carbocycles. The van der Waals surface area contributed by atoms with Gasteiger partial charge in [-0.05, 0) is 94.5 Å². The van der Waals surface area contributed by atoms with Crippen molar-refractivity contribution in [3.63, 3.8) is 0 Å². The molecule has 3 aliphatic rings. The standard InChI is InChI=1S/C55H40N4/c1-55(2)46-23-10-6-19-40(46)41-29-27-36(33-47(41)55)49-34-48(35-15-14-18-39(31-35)59-50-24-11-7-20-42(50)43-21-8-12-25-51(43)59)56-54(57-49)37-28-30-53-45(32-37)44-22-9-13-26-52(44)58(53)38-16-4-3-5-17-38/h3-34,44,52H,1-2H3. The molecule has 2 aliphatic carbocycles. The highest BCUT2D eigenvalue weighted by Crippen LogP contribution is 2.51. The summed E-state index contributed by atoms with van der Waals surface area (Å²) in [5.74, 6) is 0.942. The molecule has 2 atom stereocenters. The van der Waals surface area contributed by atoms with Crippen molar-refractivity contribution in [1.29, 1.82) is 0 Å². The van der Waals surface area contributed by atoms with Gasteiger partial charge < -0.3 is 9.47 Å². The van der Waals surface area contributed by atoms with Crippen LogP contribution in [0.15, 0.2) is 194 Å². The number of rotatable bonds is 5. The van der Waals surface area contributed by atoms with Gasteiger partial charge in [0.1, 0.15) is 0 Å². The van der Waals surface area contributed by atoms with Crippen molar-refractivity contribution in [3.8, 4) is 50.7 Å². The van der Waals surface area contributed by atoms with Gasteiger partial charge in [-0.15, -0.1) is 0 Å². The van der Waals surface area contributed by atoms with Crippen molar-refractivity contribution >= 4 is 33.2 Å². The van der Waals surface area contributed by atoms with E-state index in [2.05, 4.69) is 217 Å². The van der Waals surface area contributed by atoms with E-state index in [9.17, 15) is 0 Å². The van der Waals surface area contributed by atoms with Crippen LogP contribution in [0.5, 0.6) is 0 Å². The Balaban J connectivity index is 1.04. The predicted octanol–water partition coefficient (Wildman–Crippen LogP) is 13.6. The van der Waals surface area contributed by atoms with Gasteiger partial charge in [0.05, 0.1) is 28.5 Å². The molecule has 2 unspecified atom stereocenters. The SMILES string of the molecule is CC1(C)c2ccccc2-c2ccc(-c3cc(-c4cccc(-n5c6ccccc6c6ccccc65)c4)nc(-c4ccc5c(c4)C4C=CC=CC4N5c4ccccc4)n3)cc21. The van der Waals surface area contributed by atoms with Crippen molar-refractivity contribution in [3.05, 3.63) is 211 Å². The summed E-state index contributed by atoms with van der Waals surface area (Å²) in [6, 6.07) is 61.8. The number of anilines is 2. The van der Waals surface area contributed by atoms with Crippen molar-refractivity contribution < 1.29 is 0 Å². The third kappa shape index (κ3) is 5.16. The molecule has 12 rings (SSSR count). The number of aromatic nitrogens is 3. The topological polar surface area (TPSA) is 34.0 Å². The van der Waals surface area contributed by atoms with Crippen molar-refractivity contribution in [2.24, 2.45) is 0 Å². The van der Waals surface area contributed by atoms with Crippen LogP contribution in [0.2, 0.25) is 0 Å². The van der Waals surface area contributed by atoms with E-state index in [-0.39, 0.29) is 17.4 Å². The van der Waals surface area contributed by atoms with E-state index in [0.717, 1.165) is 39.6 Å². The van der Waals surface area contributed by atoms with Gasteiger partial charge in [-0.1, -0.05) is 141 Å². The van der Waals surface area contributed by atoms with Crippen LogP contribution in [0.1, 0.15) is 36.5 Å². The zero-order chi connectivity index (χ0) is 39.2. The summed E-state index contributed by atoms with van der Waals surface area (Å²) < 4.78 is 2.37. The lowest BCUT2D eigenvalue weighted by atomic mass is 9.82. The normalized spacial score (nSPS) is 16.9. The maximum Gasteiger partial charge on any atom is 0.160 e. The molecule has 0 N–H and O–H groups in total. The molecule has 3 heterocycles. The van der Waals surface area contributed by atoms with Crippen molar-refractivity contribution in [2.45, 2.75) is 31.2 Å². The molecule has 4 heteroatoms. The molecule has 0 spiro atoms. The van der Waals surface area contributed by atoms with Gasteiger partial charge in [0, 0.05) is 55.9 Å². The molecule has 0 amide bonds. The van der Waals surface area contributed by atoms with E-state index in [1.54, 1.807) is 0 Å². The van der Waals surface area contributed by atoms with Crippen LogP contribution in [-0.2, 0) is 5.41 Å². The fraction of sp³-hybridized carbons (Fsp3) is 0.0909. The first-order valence-electron chi connectivity index (χ1n) is 20.6. The van der Waals surface area contributed by atoms with Crippen LogP contribution >= 0.6 is 0 Å². The third-order valence-corrected chi connectivity index (χ3v) is 12.9. The van der Waals surface area contributed by atoms with Crippen LogP contribution in [0.3, 0.4) is 0 Å². The number of hydrogen-bond donors (Lipinski definition) is 0. The fourth-order valence-corrected chi connectivity index (χ4v) is 10.1. The minimum absolute atomic E-state index is 0.125. The van der Waals surface area contributed by atoms with Gasteiger partial charge in [-0.25, -0.2) is 9.97 Å². The van der Waals surface area contributed by atoms with E-state index in [0.29, 0.717) is 0 Å². The number of fused-ring (bicyclic) bond motifs is 9. The van der Waals surface area contributed by atoms with Gasteiger partial charge in [0.25, 0.3) is 0 Å². The summed E-state index contributed by atoms with van der Waals surface area (Å²) in [6.07, 6.45) is 9.01. The summed E-state index contributed by atoms with van der Waals surface area (Å²) in [7, 11) is 0. The molecule has 0 radical (unpaired) electrons. The van der Waals surface area contributed by atoms with E-state index >= 15 is 0 Å². The molecule has 280 valence electrons. The van der Waals surface area contributed by atoms with Gasteiger partial charge in [-0.3, -0.25) is 0 Å². The average molecular weight is 757 g/mol. The molecule has 0 fully saturated rings. The summed E-state index contributed by atoms with van der Waals surface area (Å²) in [5.41, 5.74) is 17.3. The minimum Gasteiger partial charge on any atom is -0.333 e. The Morgan fingerprint density at radius 3 is 1.93 bits per heavy atom. The Morgan fingerprint density at radius 1 is 0.492 bits per heavy atom. The molecule has 2 aromatic heterocycles. The van der Waals surface area contributed by atoms with Crippen molar-refractivity contribution in [1.82, 2.24) is 14.5 Å². The highest BCUT2D eigenvalue weighted by molar-refractivity contribution is 6.09. The molecular weight excluding hydrogens is 717 g/mol. The van der Waals surface area contributed by atoms with Gasteiger partial charge in [0.2, 0.25) is 0 Å². The maximum atomic E-state index is 5.42. The largest absolute Gasteiger partial charge is 0.333 e. The zero-order valence-corrected chi connectivity index (χ0v) is 32.9. The highest BCUT2D eigenvalue weighted by Gasteiger charge is 2.38. The van der Waals surface area contributed by atoms with Gasteiger partial charge >= 0.3 is 0 Å². The first kappa shape index (κ1) is 33.8. The zero-order valence-electron chi connectivity index (χ0n) is 32.9. The second-order valence-corrected chi connectivity index (χ2v) is 16.6. The number of nitrogens with zero attached hydrogens (tertiary/aromatic N) is 4. The molecule has 4 nitrogen and oxygen atoms in total. The fourth-order valence-electron chi connectivity index (χ4n) is 10.1. The quantitative estimate of drug-likeness (QED) is 0.175. The summed E-state index contributed by atoms with van der Waals surface area (Å²) in [4.78, 5) is 13.3. The molecule has 0 saturated heterocycles. The van der Waals surface area contributed by atoms with Crippen molar-refractivity contribution in [2.75, 3.05) is 4.90 Å². The number of benzene rings is 7. The lowest BCUT2D eigenvalue weighted by Crippen LogP contribution is -2.28. The Labute approximate surface area is 344 Å². The first-order valence-corrected chi connectivity index (χ1v) is 20.6. The van der Waals surface area contributed by atoms with Crippen LogP contribution in [0.4, 0.5) is 11.4 Å². The third-order valence-electron chi connectivity index (χ3n) is 12.9. The van der Waals surface area contributed by atoms with E-state index in [1.165, 1.54) is 61.0 Å². The van der Waals surface area contributed by atoms with Gasteiger partial charge in [-0.2, -0.15) is 0 Å². The first-order chi connectivity index (χ1) is 29.0. The summed E-state index contributed by atoms with van der Waals surface area (Å²) in [5, 5.41) is 2.49. The van der Waals surface area contributed by atoms with Gasteiger partial charge in [0.15, 0.2) is 5.82 Å². The van der Waals surface area contributed by atoms with Crippen LogP contribution in [0, 0.1) is 0 Å². The molecule has 59 heavy (non-hydrogen) atoms. The second kappa shape index (κ2) is 12.9. The number of para-hydroxylation sites is 3. The second-order valence-electron chi connectivity index (χ2n) is 16.6. The average Bonchev–Trinajstić information content (AvgIpc) is 3.89. The molecule has 0 saturated carbocycles. The Hall–Kier alpha value is -7.30. The van der Waals surface area contributed by atoms with E-state index < -0.39 is 0 Å². The Kier molecular flexibility index (Phi) is 7.37. The van der Waals surface area contributed by atoms with Crippen LogP contribution < -0.4 is 4.90 Å². The van der Waals surface area contributed by atoms with Crippen LogP contribution in [0.25, 0.3) is 72.5 Å². The minimum atomic E-state index is -0.125. The lowest BCUT2D eigenvalue weighted by molar-refractivity contribution is 0.660. The molecular formula is C55H40N4. The number of hydrogen-bond acceptors (Lipinski definition) is 3.